The normalized spacial score (nSPS) is 16.8. The van der Waals surface area contributed by atoms with Crippen molar-refractivity contribution in [2.45, 2.75) is 109 Å². The summed E-state index contributed by atoms with van der Waals surface area (Å²) in [6.45, 7) is 6.26. The van der Waals surface area contributed by atoms with E-state index in [1.807, 2.05) is 44.2 Å². The standard InChI is InChI=1S/C37H56N9O12P/c1-23(2)17-28(42-37(53)31-13-10-15-46(31)25(4)48)34(50)41-29(35(51)43-30(21-47)36(52)44-32(33(38)49)24(3)58-59(54,55)56)18-27-20-39-22-45(27)14-8-9-16-57-40-19-26-11-6-5-7-12-26/h5-7,11-12,19-20,22-24,28-32,47H,8-10,13-18,21H2,1-4H3,(H2,38,49)(H,41,50)(H,42,53)(H,43,51)(H,44,52)(H2,54,55,56)/b40-19+/t24-,28+,29+,30+,31+,32+/m1/s1. The summed E-state index contributed by atoms with van der Waals surface area (Å²) in [5.41, 5.74) is 6.72. The van der Waals surface area contributed by atoms with Gasteiger partial charge in [0.1, 0.15) is 36.8 Å². The first-order valence-electron chi connectivity index (χ1n) is 19.2. The predicted octanol–water partition coefficient (Wildman–Crippen LogP) is -0.772. The number of hydrogen-bond donors (Lipinski definition) is 8. The Labute approximate surface area is 342 Å². The van der Waals surface area contributed by atoms with Crippen LogP contribution in [0.4, 0.5) is 0 Å². The maximum atomic E-state index is 14.0. The van der Waals surface area contributed by atoms with Crippen molar-refractivity contribution in [2.24, 2.45) is 16.8 Å². The highest BCUT2D eigenvalue weighted by Gasteiger charge is 2.37. The Morgan fingerprint density at radius 2 is 1.64 bits per heavy atom. The number of phosphoric ester groups is 1. The first kappa shape index (κ1) is 48.2. The number of amides is 6. The summed E-state index contributed by atoms with van der Waals surface area (Å²) in [7, 11) is -5.12. The lowest BCUT2D eigenvalue weighted by Gasteiger charge is -2.28. The minimum Gasteiger partial charge on any atom is -0.396 e. The van der Waals surface area contributed by atoms with Crippen LogP contribution < -0.4 is 27.0 Å². The van der Waals surface area contributed by atoms with Gasteiger partial charge in [0, 0.05) is 38.3 Å². The van der Waals surface area contributed by atoms with Crippen LogP contribution in [0, 0.1) is 5.92 Å². The van der Waals surface area contributed by atoms with Gasteiger partial charge in [0.05, 0.1) is 25.3 Å². The minimum atomic E-state index is -5.12. The summed E-state index contributed by atoms with van der Waals surface area (Å²) in [4.78, 5) is 108. The van der Waals surface area contributed by atoms with Crippen LogP contribution in [0.5, 0.6) is 0 Å². The van der Waals surface area contributed by atoms with Crippen LogP contribution in [0.1, 0.15) is 71.1 Å². The van der Waals surface area contributed by atoms with Crippen LogP contribution in [0.2, 0.25) is 0 Å². The Morgan fingerprint density at radius 1 is 0.983 bits per heavy atom. The molecule has 0 bridgehead atoms. The molecule has 21 nitrogen and oxygen atoms in total. The number of carbonyl (C=O) groups excluding carboxylic acids is 6. The second-order valence-corrected chi connectivity index (χ2v) is 15.7. The quantitative estimate of drug-likeness (QED) is 0.0279. The van der Waals surface area contributed by atoms with Gasteiger partial charge in [-0.25, -0.2) is 9.55 Å². The molecule has 9 N–H and O–H groups in total. The van der Waals surface area contributed by atoms with Crippen LogP contribution in [-0.2, 0) is 55.7 Å². The van der Waals surface area contributed by atoms with Crippen LogP contribution in [0.25, 0.3) is 0 Å². The SMILES string of the molecule is CC(=O)N1CCC[C@H]1C(=O)N[C@@H](CC(C)C)C(=O)N[C@@H](Cc1cncn1CCCCO/N=C/c1ccccc1)C(=O)N[C@@H](CO)C(=O)N[C@H](C(N)=O)[C@@H](C)OP(=O)(O)O. The smallest absolute Gasteiger partial charge is 0.396 e. The van der Waals surface area contributed by atoms with Gasteiger partial charge < -0.3 is 56.2 Å². The molecule has 1 fully saturated rings. The Morgan fingerprint density at radius 3 is 2.27 bits per heavy atom. The molecular weight excluding hydrogens is 793 g/mol. The zero-order chi connectivity index (χ0) is 43.7. The zero-order valence-corrected chi connectivity index (χ0v) is 34.5. The van der Waals surface area contributed by atoms with Crippen LogP contribution in [0.15, 0.2) is 48.0 Å². The van der Waals surface area contributed by atoms with Gasteiger partial charge in [0.15, 0.2) is 0 Å². The molecule has 0 saturated carbocycles. The van der Waals surface area contributed by atoms with Crippen molar-refractivity contribution in [2.75, 3.05) is 19.8 Å². The van der Waals surface area contributed by atoms with Gasteiger partial charge in [-0.2, -0.15) is 0 Å². The number of imidazole rings is 1. The number of aromatic nitrogens is 2. The molecule has 0 radical (unpaired) electrons. The maximum absolute atomic E-state index is 14.0. The molecule has 0 unspecified atom stereocenters. The van der Waals surface area contributed by atoms with E-state index in [1.165, 1.54) is 18.0 Å². The van der Waals surface area contributed by atoms with Gasteiger partial charge in [-0.1, -0.05) is 49.3 Å². The van der Waals surface area contributed by atoms with E-state index >= 15 is 0 Å². The van der Waals surface area contributed by atoms with E-state index < -0.39 is 80.3 Å². The van der Waals surface area contributed by atoms with E-state index in [-0.39, 0.29) is 24.7 Å². The third-order valence-corrected chi connectivity index (χ3v) is 9.91. The van der Waals surface area contributed by atoms with Crippen molar-refractivity contribution >= 4 is 49.5 Å². The zero-order valence-electron chi connectivity index (χ0n) is 33.6. The number of likely N-dealkylation sites (tertiary alicyclic amines) is 1. The first-order valence-corrected chi connectivity index (χ1v) is 20.7. The summed E-state index contributed by atoms with van der Waals surface area (Å²) in [6.07, 6.45) is 5.26. The fourth-order valence-corrected chi connectivity index (χ4v) is 6.91. The Hall–Kier alpha value is -5.21. The number of benzene rings is 1. The number of nitrogens with two attached hydrogens (primary N) is 1. The van der Waals surface area contributed by atoms with Gasteiger partial charge in [-0.3, -0.25) is 33.3 Å². The molecule has 59 heavy (non-hydrogen) atoms. The Kier molecular flexibility index (Phi) is 19.1. The first-order chi connectivity index (χ1) is 27.9. The number of nitrogens with zero attached hydrogens (tertiary/aromatic N) is 4. The van der Waals surface area contributed by atoms with Gasteiger partial charge in [0.25, 0.3) is 0 Å². The summed E-state index contributed by atoms with van der Waals surface area (Å²) >= 11 is 0. The lowest BCUT2D eigenvalue weighted by Crippen LogP contribution is -2.61. The van der Waals surface area contributed by atoms with E-state index in [9.17, 15) is 48.2 Å². The third kappa shape index (κ3) is 16.2. The molecule has 1 aromatic carbocycles. The van der Waals surface area contributed by atoms with Crippen molar-refractivity contribution in [3.63, 3.8) is 0 Å². The lowest BCUT2D eigenvalue weighted by molar-refractivity contribution is -0.139. The highest BCUT2D eigenvalue weighted by Crippen LogP contribution is 2.38. The van der Waals surface area contributed by atoms with Crippen molar-refractivity contribution in [1.29, 1.82) is 0 Å². The molecular formula is C37H56N9O12P. The van der Waals surface area contributed by atoms with E-state index in [0.29, 0.717) is 51.1 Å². The van der Waals surface area contributed by atoms with Crippen LogP contribution in [-0.4, -0.2) is 127 Å². The molecule has 1 saturated heterocycles. The van der Waals surface area contributed by atoms with E-state index in [0.717, 1.165) is 12.5 Å². The average Bonchev–Trinajstić information content (AvgIpc) is 3.84. The second-order valence-electron chi connectivity index (χ2n) is 14.5. The molecule has 2 heterocycles. The van der Waals surface area contributed by atoms with E-state index in [1.54, 1.807) is 17.1 Å². The van der Waals surface area contributed by atoms with Crippen molar-refractivity contribution < 1.29 is 57.6 Å². The van der Waals surface area contributed by atoms with Gasteiger partial charge >= 0.3 is 7.82 Å². The lowest BCUT2D eigenvalue weighted by atomic mass is 10.0. The summed E-state index contributed by atoms with van der Waals surface area (Å²) in [5.74, 6) is -4.97. The number of phosphoric acid groups is 1. The molecule has 2 aromatic rings. The van der Waals surface area contributed by atoms with Crippen LogP contribution in [0.3, 0.4) is 0 Å². The topological polar surface area (TPSA) is 306 Å². The van der Waals surface area contributed by atoms with Crippen molar-refractivity contribution in [3.05, 3.63) is 54.1 Å². The second kappa shape index (κ2) is 23.4. The number of aliphatic hydroxyl groups excluding tert-OH is 1. The fourth-order valence-electron chi connectivity index (χ4n) is 6.35. The molecule has 1 aliphatic heterocycles. The molecule has 326 valence electrons. The number of hydrogen-bond acceptors (Lipinski definition) is 12. The summed E-state index contributed by atoms with van der Waals surface area (Å²) in [5, 5.41) is 24.0. The third-order valence-electron chi connectivity index (χ3n) is 9.30. The van der Waals surface area contributed by atoms with E-state index in [2.05, 4.69) is 35.9 Å². The molecule has 0 aliphatic carbocycles. The van der Waals surface area contributed by atoms with Crippen LogP contribution >= 0.6 is 7.82 Å². The molecule has 6 amide bonds. The molecule has 1 aromatic heterocycles. The molecule has 6 atom stereocenters. The number of carbonyl (C=O) groups is 6. The van der Waals surface area contributed by atoms with Gasteiger partial charge in [0.2, 0.25) is 35.4 Å². The number of rotatable bonds is 24. The number of primary amides is 1. The highest BCUT2D eigenvalue weighted by molar-refractivity contribution is 7.46. The largest absolute Gasteiger partial charge is 0.469 e. The van der Waals surface area contributed by atoms with Crippen molar-refractivity contribution in [1.82, 2.24) is 35.7 Å². The van der Waals surface area contributed by atoms with E-state index in [4.69, 9.17) is 10.6 Å². The maximum Gasteiger partial charge on any atom is 0.469 e. The highest BCUT2D eigenvalue weighted by atomic mass is 31.2. The molecule has 1 aliphatic rings. The van der Waals surface area contributed by atoms with Gasteiger partial charge in [-0.15, -0.1) is 0 Å². The van der Waals surface area contributed by atoms with Gasteiger partial charge in [-0.05, 0) is 50.5 Å². The summed E-state index contributed by atoms with van der Waals surface area (Å²) < 4.78 is 17.6. The number of unbranched alkanes of at least 4 members (excludes halogenated alkanes) is 1. The molecule has 3 rings (SSSR count). The Bertz CT molecular complexity index is 1800. The number of aliphatic hydroxyl groups is 1. The molecule has 22 heteroatoms. The predicted molar refractivity (Wildman–Crippen MR) is 212 cm³/mol. The summed E-state index contributed by atoms with van der Waals surface area (Å²) in [6, 6.07) is 2.57. The number of aryl methyl sites for hydroxylation is 1. The molecule has 0 spiro atoms. The minimum absolute atomic E-state index is 0.0992. The van der Waals surface area contributed by atoms with Crippen molar-refractivity contribution in [3.8, 4) is 0 Å². The fraction of sp³-hybridized carbons (Fsp3) is 0.568. The average molecular weight is 850 g/mol. The number of oxime groups is 1. The monoisotopic (exact) mass is 849 g/mol. The Balaban J connectivity index is 1.80. The number of nitrogens with one attached hydrogen (secondary N) is 4.